The minimum absolute atomic E-state index is 0.989. The van der Waals surface area contributed by atoms with Crippen molar-refractivity contribution in [3.05, 3.63) is 128 Å². The average Bonchev–Trinajstić information content (AvgIpc) is 3.63. The zero-order valence-corrected chi connectivity index (χ0v) is 20.7. The Hall–Kier alpha value is -4.67. The van der Waals surface area contributed by atoms with Gasteiger partial charge in [-0.1, -0.05) is 96.3 Å². The normalized spacial score (nSPS) is 11.8. The lowest BCUT2D eigenvalue weighted by Gasteiger charge is -2.09. The number of nitrogens with zero attached hydrogens (tertiary/aromatic N) is 3. The van der Waals surface area contributed by atoms with Crippen molar-refractivity contribution in [3.63, 3.8) is 0 Å². The minimum Gasteiger partial charge on any atom is -0.309 e. The molecule has 0 unspecified atom stereocenters. The van der Waals surface area contributed by atoms with Crippen LogP contribution in [0.5, 0.6) is 0 Å². The van der Waals surface area contributed by atoms with Crippen molar-refractivity contribution < 1.29 is 0 Å². The van der Waals surface area contributed by atoms with E-state index >= 15 is 0 Å². The van der Waals surface area contributed by atoms with Crippen LogP contribution in [0.15, 0.2) is 128 Å². The highest BCUT2D eigenvalue weighted by molar-refractivity contribution is 7.23. The van der Waals surface area contributed by atoms with Gasteiger partial charge >= 0.3 is 0 Å². The molecule has 3 heterocycles. The summed E-state index contributed by atoms with van der Waals surface area (Å²) >= 11 is 1.74. The van der Waals surface area contributed by atoms with E-state index in [0.29, 0.717) is 0 Å². The highest BCUT2D eigenvalue weighted by Gasteiger charge is 2.14. The van der Waals surface area contributed by atoms with Crippen LogP contribution in [0, 0.1) is 0 Å². The molecule has 5 aromatic carbocycles. The zero-order chi connectivity index (χ0) is 24.3. The quantitative estimate of drug-likeness (QED) is 0.242. The van der Waals surface area contributed by atoms with Crippen LogP contribution in [0.4, 0.5) is 0 Å². The highest BCUT2D eigenvalue weighted by atomic mass is 32.1. The summed E-state index contributed by atoms with van der Waals surface area (Å²) < 4.78 is 5.82. The molecule has 0 amide bonds. The average molecular weight is 492 g/mol. The van der Waals surface area contributed by atoms with E-state index in [1.54, 1.807) is 11.3 Å². The third kappa shape index (κ3) is 3.16. The monoisotopic (exact) mass is 491 g/mol. The SMILES string of the molecule is c1ccc(-c2ccc3c(c2)sc2nc(-c4cccc(-n5c6ccccc6c6ccccc65)c4)cn23)cc1. The van der Waals surface area contributed by atoms with E-state index in [-0.39, 0.29) is 0 Å². The molecule has 4 heteroatoms. The largest absolute Gasteiger partial charge is 0.309 e. The maximum atomic E-state index is 5.04. The Morgan fingerprint density at radius 3 is 2.03 bits per heavy atom. The fraction of sp³-hybridized carbons (Fsp3) is 0. The van der Waals surface area contributed by atoms with Crippen LogP contribution in [0.1, 0.15) is 0 Å². The van der Waals surface area contributed by atoms with Crippen molar-refractivity contribution in [2.24, 2.45) is 0 Å². The van der Waals surface area contributed by atoms with Gasteiger partial charge in [0.1, 0.15) is 0 Å². The maximum Gasteiger partial charge on any atom is 0.195 e. The van der Waals surface area contributed by atoms with Gasteiger partial charge in [-0.15, -0.1) is 0 Å². The number of para-hydroxylation sites is 2. The molecule has 3 nitrogen and oxygen atoms in total. The molecule has 0 aliphatic rings. The first-order valence-electron chi connectivity index (χ1n) is 12.4. The van der Waals surface area contributed by atoms with Crippen molar-refractivity contribution in [3.8, 4) is 28.1 Å². The second-order valence-electron chi connectivity index (χ2n) is 9.35. The first kappa shape index (κ1) is 20.5. The van der Waals surface area contributed by atoms with Crippen LogP contribution in [0.25, 0.3) is 65.1 Å². The van der Waals surface area contributed by atoms with Gasteiger partial charge < -0.3 is 4.57 Å². The number of benzene rings is 5. The van der Waals surface area contributed by atoms with Gasteiger partial charge in [0.15, 0.2) is 4.96 Å². The number of hydrogen-bond acceptors (Lipinski definition) is 2. The smallest absolute Gasteiger partial charge is 0.195 e. The molecule has 174 valence electrons. The topological polar surface area (TPSA) is 22.2 Å². The van der Waals surface area contributed by atoms with Gasteiger partial charge in [0.2, 0.25) is 0 Å². The summed E-state index contributed by atoms with van der Waals surface area (Å²) in [5.74, 6) is 0. The van der Waals surface area contributed by atoms with E-state index < -0.39 is 0 Å². The van der Waals surface area contributed by atoms with Gasteiger partial charge in [-0.25, -0.2) is 4.98 Å². The van der Waals surface area contributed by atoms with Crippen LogP contribution >= 0.6 is 11.3 Å². The molecule has 0 atom stereocenters. The maximum absolute atomic E-state index is 5.04. The molecule has 0 aliphatic carbocycles. The standard InChI is InChI=1S/C33H21N3S/c1-2-9-22(10-3-1)23-17-18-31-32(20-23)37-33-34-28(21-35(31)33)24-11-8-12-25(19-24)36-29-15-6-4-13-26(29)27-14-5-7-16-30(27)36/h1-21H. The van der Waals surface area contributed by atoms with E-state index in [2.05, 4.69) is 136 Å². The summed E-state index contributed by atoms with van der Waals surface area (Å²) in [6, 6.07) is 43.2. The Morgan fingerprint density at radius 1 is 0.541 bits per heavy atom. The third-order valence-electron chi connectivity index (χ3n) is 7.18. The number of imidazole rings is 1. The van der Waals surface area contributed by atoms with Crippen molar-refractivity contribution >= 4 is 48.3 Å². The van der Waals surface area contributed by atoms with Gasteiger partial charge in [-0.3, -0.25) is 4.40 Å². The molecular weight excluding hydrogens is 470 g/mol. The molecule has 0 fully saturated rings. The Balaban J connectivity index is 1.25. The van der Waals surface area contributed by atoms with Crippen LogP contribution in [0.3, 0.4) is 0 Å². The second-order valence-corrected chi connectivity index (χ2v) is 10.4. The zero-order valence-electron chi connectivity index (χ0n) is 19.9. The van der Waals surface area contributed by atoms with Crippen LogP contribution in [0.2, 0.25) is 0 Å². The van der Waals surface area contributed by atoms with E-state index in [9.17, 15) is 0 Å². The van der Waals surface area contributed by atoms with Gasteiger partial charge in [0.25, 0.3) is 0 Å². The van der Waals surface area contributed by atoms with E-state index in [0.717, 1.165) is 21.9 Å². The second kappa shape index (κ2) is 7.92. The fourth-order valence-electron chi connectivity index (χ4n) is 5.46. The van der Waals surface area contributed by atoms with Crippen molar-refractivity contribution in [1.29, 1.82) is 0 Å². The molecule has 0 bridgehead atoms. The van der Waals surface area contributed by atoms with Gasteiger partial charge in [-0.05, 0) is 47.5 Å². The van der Waals surface area contributed by atoms with Gasteiger partial charge in [-0.2, -0.15) is 0 Å². The summed E-state index contributed by atoms with van der Waals surface area (Å²) in [7, 11) is 0. The first-order valence-corrected chi connectivity index (χ1v) is 13.2. The molecule has 0 radical (unpaired) electrons. The fourth-order valence-corrected chi connectivity index (χ4v) is 6.50. The molecule has 8 aromatic rings. The van der Waals surface area contributed by atoms with E-state index in [1.165, 1.54) is 43.1 Å². The Bertz CT molecular complexity index is 2040. The number of thiazole rings is 1. The van der Waals surface area contributed by atoms with Crippen LogP contribution in [-0.4, -0.2) is 14.0 Å². The lowest BCUT2D eigenvalue weighted by molar-refractivity contribution is 1.18. The lowest BCUT2D eigenvalue weighted by Crippen LogP contribution is -1.94. The predicted octanol–water partition coefficient (Wildman–Crippen LogP) is 8.98. The molecule has 0 N–H and O–H groups in total. The summed E-state index contributed by atoms with van der Waals surface area (Å²) in [6.07, 6.45) is 2.17. The molecule has 0 saturated carbocycles. The van der Waals surface area contributed by atoms with E-state index in [1.807, 2.05) is 0 Å². The van der Waals surface area contributed by atoms with Crippen molar-refractivity contribution in [2.45, 2.75) is 0 Å². The molecule has 0 aliphatic heterocycles. The molecule has 8 rings (SSSR count). The molecular formula is C33H21N3S. The van der Waals surface area contributed by atoms with Crippen LogP contribution < -0.4 is 0 Å². The molecule has 3 aromatic heterocycles. The molecule has 0 saturated heterocycles. The Morgan fingerprint density at radius 2 is 1.24 bits per heavy atom. The van der Waals surface area contributed by atoms with Crippen LogP contribution in [-0.2, 0) is 0 Å². The molecule has 37 heavy (non-hydrogen) atoms. The summed E-state index contributed by atoms with van der Waals surface area (Å²) in [4.78, 5) is 6.05. The van der Waals surface area contributed by atoms with Crippen molar-refractivity contribution in [1.82, 2.24) is 14.0 Å². The van der Waals surface area contributed by atoms with E-state index in [4.69, 9.17) is 4.98 Å². The Labute approximate surface area is 217 Å². The van der Waals surface area contributed by atoms with Gasteiger partial charge in [0.05, 0.1) is 26.9 Å². The first-order chi connectivity index (χ1) is 18.3. The number of aromatic nitrogens is 3. The lowest BCUT2D eigenvalue weighted by atomic mass is 10.1. The van der Waals surface area contributed by atoms with Gasteiger partial charge in [0, 0.05) is 28.2 Å². The number of hydrogen-bond donors (Lipinski definition) is 0. The molecule has 0 spiro atoms. The third-order valence-corrected chi connectivity index (χ3v) is 8.20. The Kier molecular flexibility index (Phi) is 4.39. The summed E-state index contributed by atoms with van der Waals surface area (Å²) in [5, 5.41) is 2.54. The highest BCUT2D eigenvalue weighted by Crippen LogP contribution is 2.35. The summed E-state index contributed by atoms with van der Waals surface area (Å²) in [5.41, 5.74) is 9.33. The summed E-state index contributed by atoms with van der Waals surface area (Å²) in [6.45, 7) is 0. The number of fused-ring (bicyclic) bond motifs is 6. The number of rotatable bonds is 3. The predicted molar refractivity (Wildman–Crippen MR) is 156 cm³/mol. The van der Waals surface area contributed by atoms with Crippen molar-refractivity contribution in [2.75, 3.05) is 0 Å². The minimum atomic E-state index is 0.989.